The highest BCUT2D eigenvalue weighted by atomic mass is 16.5. The summed E-state index contributed by atoms with van der Waals surface area (Å²) in [6, 6.07) is 13.7. The smallest absolute Gasteiger partial charge is 0.259 e. The molecule has 0 unspecified atom stereocenters. The highest BCUT2D eigenvalue weighted by Gasteiger charge is 2.35. The summed E-state index contributed by atoms with van der Waals surface area (Å²) in [5.41, 5.74) is -0.711. The number of benzene rings is 2. The van der Waals surface area contributed by atoms with E-state index >= 15 is 0 Å². The number of ether oxygens (including phenoxy) is 2. The van der Waals surface area contributed by atoms with Crippen LogP contribution in [0.3, 0.4) is 0 Å². The molecule has 2 aromatic carbocycles. The van der Waals surface area contributed by atoms with Gasteiger partial charge < -0.3 is 14.8 Å². The molecule has 1 N–H and O–H groups in total. The third-order valence-corrected chi connectivity index (χ3v) is 4.44. The van der Waals surface area contributed by atoms with E-state index in [0.717, 1.165) is 29.4 Å². The Morgan fingerprint density at radius 2 is 1.83 bits per heavy atom. The largest absolute Gasteiger partial charge is 0.497 e. The zero-order valence-corrected chi connectivity index (χ0v) is 13.7. The van der Waals surface area contributed by atoms with Crippen LogP contribution >= 0.6 is 0 Å². The van der Waals surface area contributed by atoms with Crippen LogP contribution in [-0.4, -0.2) is 25.2 Å². The molecular formula is C19H20N2O3. The quantitative estimate of drug-likeness (QED) is 0.917. The zero-order chi connectivity index (χ0) is 17.0. The summed E-state index contributed by atoms with van der Waals surface area (Å²) in [5.74, 6) is 1.13. The molecule has 0 heterocycles. The Labute approximate surface area is 141 Å². The third kappa shape index (κ3) is 3.43. The first kappa shape index (κ1) is 16.1. The minimum atomic E-state index is -0.711. The van der Waals surface area contributed by atoms with Gasteiger partial charge in [0.25, 0.3) is 5.91 Å². The fourth-order valence-corrected chi connectivity index (χ4v) is 3.11. The van der Waals surface area contributed by atoms with Crippen molar-refractivity contribution in [2.75, 3.05) is 13.7 Å². The molecule has 3 rings (SSSR count). The first-order valence-corrected chi connectivity index (χ1v) is 8.07. The van der Waals surface area contributed by atoms with Gasteiger partial charge in [-0.3, -0.25) is 4.79 Å². The Balaban J connectivity index is 1.64. The lowest BCUT2D eigenvalue weighted by Gasteiger charge is -2.21. The number of amides is 1. The van der Waals surface area contributed by atoms with E-state index in [1.54, 1.807) is 7.11 Å². The molecule has 1 fully saturated rings. The van der Waals surface area contributed by atoms with Crippen molar-refractivity contribution in [1.29, 1.82) is 5.26 Å². The van der Waals surface area contributed by atoms with E-state index in [1.165, 1.54) is 0 Å². The Kier molecular flexibility index (Phi) is 4.57. The van der Waals surface area contributed by atoms with Gasteiger partial charge in [0.05, 0.1) is 13.2 Å². The molecule has 2 aromatic rings. The number of carbonyl (C=O) groups is 1. The van der Waals surface area contributed by atoms with E-state index in [0.29, 0.717) is 18.6 Å². The van der Waals surface area contributed by atoms with E-state index in [1.807, 2.05) is 36.4 Å². The number of carbonyl (C=O) groups excluding carboxylic acids is 1. The van der Waals surface area contributed by atoms with Crippen LogP contribution in [0, 0.1) is 11.3 Å². The molecule has 124 valence electrons. The van der Waals surface area contributed by atoms with Gasteiger partial charge in [-0.2, -0.15) is 5.26 Å². The summed E-state index contributed by atoms with van der Waals surface area (Å²) < 4.78 is 10.8. The number of nitriles is 1. The molecule has 0 radical (unpaired) electrons. The summed E-state index contributed by atoms with van der Waals surface area (Å²) in [5, 5.41) is 14.2. The van der Waals surface area contributed by atoms with Gasteiger partial charge in [-0.1, -0.05) is 12.1 Å². The van der Waals surface area contributed by atoms with E-state index in [4.69, 9.17) is 9.47 Å². The van der Waals surface area contributed by atoms with E-state index in [2.05, 4.69) is 11.4 Å². The van der Waals surface area contributed by atoms with Crippen molar-refractivity contribution in [3.8, 4) is 17.6 Å². The number of rotatable bonds is 5. The van der Waals surface area contributed by atoms with Gasteiger partial charge in [0.15, 0.2) is 6.61 Å². The number of nitrogens with zero attached hydrogens (tertiary/aromatic N) is 1. The van der Waals surface area contributed by atoms with Crippen LogP contribution in [0.15, 0.2) is 36.4 Å². The van der Waals surface area contributed by atoms with Crippen molar-refractivity contribution in [1.82, 2.24) is 5.32 Å². The summed E-state index contributed by atoms with van der Waals surface area (Å²) in [6.07, 6.45) is 3.37. The third-order valence-electron chi connectivity index (χ3n) is 4.44. The average molecular weight is 324 g/mol. The Bertz CT molecular complexity index is 789. The van der Waals surface area contributed by atoms with Crippen LogP contribution in [0.25, 0.3) is 10.8 Å². The molecule has 1 aliphatic rings. The van der Waals surface area contributed by atoms with Gasteiger partial charge in [0, 0.05) is 0 Å². The first-order chi connectivity index (χ1) is 11.6. The van der Waals surface area contributed by atoms with Crippen LogP contribution in [0.5, 0.6) is 11.5 Å². The minimum absolute atomic E-state index is 0.0983. The molecule has 1 saturated carbocycles. The highest BCUT2D eigenvalue weighted by Crippen LogP contribution is 2.29. The summed E-state index contributed by atoms with van der Waals surface area (Å²) >= 11 is 0. The summed E-state index contributed by atoms with van der Waals surface area (Å²) in [7, 11) is 1.62. The summed E-state index contributed by atoms with van der Waals surface area (Å²) in [6.45, 7) is -0.0983. The Morgan fingerprint density at radius 1 is 1.17 bits per heavy atom. The van der Waals surface area contributed by atoms with Crippen LogP contribution in [0.4, 0.5) is 0 Å². The standard InChI is InChI=1S/C19H20N2O3/c1-23-16-6-4-14-5-7-17(11-15(14)10-16)24-12-18(22)21-19(13-20)8-2-3-9-19/h4-7,10-11H,2-3,8-9,12H2,1H3,(H,21,22). The number of nitrogens with one attached hydrogen (secondary N) is 1. The van der Waals surface area contributed by atoms with E-state index in [-0.39, 0.29) is 12.5 Å². The van der Waals surface area contributed by atoms with Gasteiger partial charge in [-0.15, -0.1) is 0 Å². The number of hydrogen-bond donors (Lipinski definition) is 1. The predicted octanol–water partition coefficient (Wildman–Crippen LogP) is 3.18. The molecule has 5 heteroatoms. The maximum Gasteiger partial charge on any atom is 0.259 e. The van der Waals surface area contributed by atoms with Crippen molar-refractivity contribution in [2.45, 2.75) is 31.2 Å². The number of hydrogen-bond acceptors (Lipinski definition) is 4. The summed E-state index contributed by atoms with van der Waals surface area (Å²) in [4.78, 5) is 12.1. The lowest BCUT2D eigenvalue weighted by molar-refractivity contribution is -0.124. The van der Waals surface area contributed by atoms with Gasteiger partial charge in [-0.05, 0) is 60.7 Å². The second-order valence-electron chi connectivity index (χ2n) is 6.11. The molecule has 0 saturated heterocycles. The molecule has 0 aliphatic heterocycles. The highest BCUT2D eigenvalue weighted by molar-refractivity contribution is 5.85. The molecule has 5 nitrogen and oxygen atoms in total. The molecule has 1 aliphatic carbocycles. The SMILES string of the molecule is COc1ccc2ccc(OCC(=O)NC3(C#N)CCCC3)cc2c1. The number of fused-ring (bicyclic) bond motifs is 1. The van der Waals surface area contributed by atoms with Crippen molar-refractivity contribution >= 4 is 16.7 Å². The molecule has 24 heavy (non-hydrogen) atoms. The van der Waals surface area contributed by atoms with Crippen LogP contribution in [-0.2, 0) is 4.79 Å². The Hall–Kier alpha value is -2.74. The molecule has 0 atom stereocenters. The lowest BCUT2D eigenvalue weighted by Crippen LogP contribution is -2.47. The van der Waals surface area contributed by atoms with Gasteiger partial charge in [0.1, 0.15) is 17.0 Å². The lowest BCUT2D eigenvalue weighted by atomic mass is 10.00. The molecule has 0 spiro atoms. The molecular weight excluding hydrogens is 304 g/mol. The van der Waals surface area contributed by atoms with Gasteiger partial charge in [0.2, 0.25) is 0 Å². The molecule has 0 aromatic heterocycles. The second-order valence-corrected chi connectivity index (χ2v) is 6.11. The van der Waals surface area contributed by atoms with Crippen molar-refractivity contribution in [3.63, 3.8) is 0 Å². The fraction of sp³-hybridized carbons (Fsp3) is 0.368. The maximum atomic E-state index is 12.1. The van der Waals surface area contributed by atoms with Gasteiger partial charge >= 0.3 is 0 Å². The van der Waals surface area contributed by atoms with Crippen LogP contribution < -0.4 is 14.8 Å². The van der Waals surface area contributed by atoms with E-state index in [9.17, 15) is 10.1 Å². The molecule has 1 amide bonds. The van der Waals surface area contributed by atoms with Crippen molar-refractivity contribution < 1.29 is 14.3 Å². The van der Waals surface area contributed by atoms with Crippen LogP contribution in [0.2, 0.25) is 0 Å². The monoisotopic (exact) mass is 324 g/mol. The van der Waals surface area contributed by atoms with Gasteiger partial charge in [-0.25, -0.2) is 0 Å². The minimum Gasteiger partial charge on any atom is -0.497 e. The normalized spacial score (nSPS) is 15.7. The number of methoxy groups -OCH3 is 1. The second kappa shape index (κ2) is 6.79. The van der Waals surface area contributed by atoms with Crippen molar-refractivity contribution in [2.24, 2.45) is 0 Å². The van der Waals surface area contributed by atoms with Crippen LogP contribution in [0.1, 0.15) is 25.7 Å². The fourth-order valence-electron chi connectivity index (χ4n) is 3.11. The van der Waals surface area contributed by atoms with E-state index < -0.39 is 5.54 Å². The van der Waals surface area contributed by atoms with Crippen molar-refractivity contribution in [3.05, 3.63) is 36.4 Å². The topological polar surface area (TPSA) is 71.3 Å². The first-order valence-electron chi connectivity index (χ1n) is 8.07. The average Bonchev–Trinajstić information content (AvgIpc) is 3.08. The maximum absolute atomic E-state index is 12.1. The Morgan fingerprint density at radius 3 is 2.50 bits per heavy atom. The zero-order valence-electron chi connectivity index (χ0n) is 13.7. The molecule has 0 bridgehead atoms. The predicted molar refractivity (Wildman–Crippen MR) is 90.9 cm³/mol.